The molecule has 0 aromatic carbocycles. The van der Waals surface area contributed by atoms with Gasteiger partial charge in [-0.2, -0.15) is 0 Å². The summed E-state index contributed by atoms with van der Waals surface area (Å²) < 4.78 is 0. The van der Waals surface area contributed by atoms with Gasteiger partial charge in [0, 0.05) is 45.8 Å². The van der Waals surface area contributed by atoms with E-state index in [9.17, 15) is 4.79 Å². The summed E-state index contributed by atoms with van der Waals surface area (Å²) in [5, 5.41) is 0. The van der Waals surface area contributed by atoms with Crippen LogP contribution in [0.3, 0.4) is 0 Å². The van der Waals surface area contributed by atoms with Crippen LogP contribution in [0.5, 0.6) is 0 Å². The van der Waals surface area contributed by atoms with Crippen LogP contribution in [0.1, 0.15) is 51.4 Å². The molecule has 1 aliphatic carbocycles. The molecule has 0 bridgehead atoms. The maximum Gasteiger partial charge on any atom is 0.236 e. The number of nitrogens with zero attached hydrogens (tertiary/aromatic N) is 3. The lowest BCUT2D eigenvalue weighted by molar-refractivity contribution is -0.133. The predicted molar refractivity (Wildman–Crippen MR) is 89.9 cm³/mol. The van der Waals surface area contributed by atoms with Gasteiger partial charge in [-0.05, 0) is 38.0 Å². The molecule has 4 nitrogen and oxygen atoms in total. The van der Waals surface area contributed by atoms with Gasteiger partial charge in [-0.3, -0.25) is 9.69 Å². The van der Waals surface area contributed by atoms with Crippen molar-refractivity contribution < 1.29 is 4.79 Å². The first-order valence-corrected chi connectivity index (χ1v) is 9.54. The van der Waals surface area contributed by atoms with Gasteiger partial charge in [0.05, 0.1) is 6.54 Å². The summed E-state index contributed by atoms with van der Waals surface area (Å²) in [6.07, 6.45) is 10.9. The third kappa shape index (κ3) is 4.69. The zero-order valence-electron chi connectivity index (χ0n) is 14.1. The Morgan fingerprint density at radius 2 is 1.32 bits per heavy atom. The standard InChI is InChI=1S/C18H33N3O/c22-18(21-9-5-2-6-10-21)16-20-13-11-19(12-14-20)15-17-7-3-1-4-8-17/h17H,1-16H2. The number of piperidine rings is 1. The summed E-state index contributed by atoms with van der Waals surface area (Å²) in [6.45, 7) is 8.39. The minimum Gasteiger partial charge on any atom is -0.342 e. The molecule has 0 radical (unpaired) electrons. The fourth-order valence-corrected chi connectivity index (χ4v) is 4.30. The summed E-state index contributed by atoms with van der Waals surface area (Å²) in [5.41, 5.74) is 0. The minimum atomic E-state index is 0.362. The van der Waals surface area contributed by atoms with Gasteiger partial charge in [0.25, 0.3) is 0 Å². The van der Waals surface area contributed by atoms with Crippen molar-refractivity contribution in [3.8, 4) is 0 Å². The molecule has 1 saturated carbocycles. The number of hydrogen-bond acceptors (Lipinski definition) is 3. The van der Waals surface area contributed by atoms with Gasteiger partial charge in [-0.25, -0.2) is 0 Å². The highest BCUT2D eigenvalue weighted by Gasteiger charge is 2.24. The van der Waals surface area contributed by atoms with E-state index in [1.54, 1.807) is 0 Å². The van der Waals surface area contributed by atoms with Crippen LogP contribution < -0.4 is 0 Å². The predicted octanol–water partition coefficient (Wildman–Crippen LogP) is 2.20. The summed E-state index contributed by atoms with van der Waals surface area (Å²) in [7, 11) is 0. The number of likely N-dealkylation sites (tertiary alicyclic amines) is 1. The Balaban J connectivity index is 1.35. The Hall–Kier alpha value is -0.610. The van der Waals surface area contributed by atoms with Crippen LogP contribution in [0.15, 0.2) is 0 Å². The van der Waals surface area contributed by atoms with E-state index in [4.69, 9.17) is 0 Å². The second-order valence-electron chi connectivity index (χ2n) is 7.52. The van der Waals surface area contributed by atoms with Gasteiger partial charge in [0.1, 0.15) is 0 Å². The SMILES string of the molecule is O=C(CN1CCN(CC2CCCCC2)CC1)N1CCCCC1. The number of rotatable bonds is 4. The number of hydrogen-bond donors (Lipinski definition) is 0. The minimum absolute atomic E-state index is 0.362. The molecule has 22 heavy (non-hydrogen) atoms. The van der Waals surface area contributed by atoms with Crippen LogP contribution in [-0.4, -0.2) is 73.0 Å². The van der Waals surface area contributed by atoms with Gasteiger partial charge >= 0.3 is 0 Å². The van der Waals surface area contributed by atoms with Gasteiger partial charge in [-0.15, -0.1) is 0 Å². The zero-order chi connectivity index (χ0) is 15.2. The average molecular weight is 307 g/mol. The molecule has 0 N–H and O–H groups in total. The van der Waals surface area contributed by atoms with E-state index in [1.807, 2.05) is 0 Å². The topological polar surface area (TPSA) is 26.8 Å². The zero-order valence-corrected chi connectivity index (χ0v) is 14.1. The van der Waals surface area contributed by atoms with Crippen molar-refractivity contribution in [3.05, 3.63) is 0 Å². The summed E-state index contributed by atoms with van der Waals surface area (Å²) in [6, 6.07) is 0. The van der Waals surface area contributed by atoms with Crippen molar-refractivity contribution in [2.75, 3.05) is 52.4 Å². The Morgan fingerprint density at radius 3 is 2.00 bits per heavy atom. The molecule has 0 aromatic heterocycles. The molecule has 4 heteroatoms. The molecule has 0 spiro atoms. The molecule has 3 fully saturated rings. The van der Waals surface area contributed by atoms with Crippen LogP contribution in [0, 0.1) is 5.92 Å². The number of piperazine rings is 1. The Morgan fingerprint density at radius 1 is 0.727 bits per heavy atom. The molecule has 3 rings (SSSR count). The van der Waals surface area contributed by atoms with Crippen LogP contribution in [0.25, 0.3) is 0 Å². The molecule has 2 aliphatic heterocycles. The van der Waals surface area contributed by atoms with E-state index in [0.29, 0.717) is 12.5 Å². The number of amides is 1. The maximum atomic E-state index is 12.3. The third-order valence-corrected chi connectivity index (χ3v) is 5.77. The fraction of sp³-hybridized carbons (Fsp3) is 0.944. The van der Waals surface area contributed by atoms with Crippen LogP contribution >= 0.6 is 0 Å². The first-order chi connectivity index (χ1) is 10.8. The van der Waals surface area contributed by atoms with Gasteiger partial charge in [0.2, 0.25) is 5.91 Å². The van der Waals surface area contributed by atoms with Crippen molar-refractivity contribution >= 4 is 5.91 Å². The Kier molecular flexibility index (Phi) is 6.13. The van der Waals surface area contributed by atoms with Crippen LogP contribution in [0.4, 0.5) is 0 Å². The molecule has 2 saturated heterocycles. The second kappa shape index (κ2) is 8.30. The van der Waals surface area contributed by atoms with E-state index in [0.717, 1.165) is 45.2 Å². The van der Waals surface area contributed by atoms with Gasteiger partial charge in [0.15, 0.2) is 0 Å². The average Bonchev–Trinajstić information content (AvgIpc) is 2.58. The quantitative estimate of drug-likeness (QED) is 0.796. The first-order valence-electron chi connectivity index (χ1n) is 9.54. The molecule has 1 amide bonds. The van der Waals surface area contributed by atoms with Crippen LogP contribution in [-0.2, 0) is 4.79 Å². The molecular weight excluding hydrogens is 274 g/mol. The van der Waals surface area contributed by atoms with Crippen molar-refractivity contribution in [2.45, 2.75) is 51.4 Å². The summed E-state index contributed by atoms with van der Waals surface area (Å²) in [4.78, 5) is 19.4. The molecule has 0 aromatic rings. The molecule has 0 atom stereocenters. The lowest BCUT2D eigenvalue weighted by atomic mass is 9.89. The van der Waals surface area contributed by atoms with Crippen molar-refractivity contribution in [2.24, 2.45) is 5.92 Å². The number of carbonyl (C=O) groups is 1. The van der Waals surface area contributed by atoms with Crippen molar-refractivity contribution in [1.82, 2.24) is 14.7 Å². The smallest absolute Gasteiger partial charge is 0.236 e. The van der Waals surface area contributed by atoms with E-state index in [-0.39, 0.29) is 0 Å². The van der Waals surface area contributed by atoms with Crippen LogP contribution in [0.2, 0.25) is 0 Å². The summed E-state index contributed by atoms with van der Waals surface area (Å²) >= 11 is 0. The molecular formula is C18H33N3O. The second-order valence-corrected chi connectivity index (χ2v) is 7.52. The molecule has 126 valence electrons. The van der Waals surface area contributed by atoms with Gasteiger partial charge in [-0.1, -0.05) is 19.3 Å². The maximum absolute atomic E-state index is 12.3. The molecule has 3 aliphatic rings. The van der Waals surface area contributed by atoms with E-state index in [2.05, 4.69) is 14.7 Å². The highest BCUT2D eigenvalue weighted by Crippen LogP contribution is 2.24. The third-order valence-electron chi connectivity index (χ3n) is 5.77. The van der Waals surface area contributed by atoms with Crippen molar-refractivity contribution in [3.63, 3.8) is 0 Å². The van der Waals surface area contributed by atoms with Gasteiger partial charge < -0.3 is 9.80 Å². The highest BCUT2D eigenvalue weighted by molar-refractivity contribution is 5.78. The van der Waals surface area contributed by atoms with E-state index in [1.165, 1.54) is 57.9 Å². The molecule has 0 unspecified atom stereocenters. The molecule has 2 heterocycles. The number of carbonyl (C=O) groups excluding carboxylic acids is 1. The van der Waals surface area contributed by atoms with E-state index >= 15 is 0 Å². The van der Waals surface area contributed by atoms with E-state index < -0.39 is 0 Å². The fourth-order valence-electron chi connectivity index (χ4n) is 4.30. The lowest BCUT2D eigenvalue weighted by Crippen LogP contribution is -2.51. The lowest BCUT2D eigenvalue weighted by Gasteiger charge is -2.38. The van der Waals surface area contributed by atoms with Crippen molar-refractivity contribution in [1.29, 1.82) is 0 Å². The summed E-state index contributed by atoms with van der Waals surface area (Å²) in [5.74, 6) is 1.30. The Labute approximate surface area is 135 Å². The normalized spacial score (nSPS) is 26.3. The first kappa shape index (κ1) is 16.3. The highest BCUT2D eigenvalue weighted by atomic mass is 16.2. The largest absolute Gasteiger partial charge is 0.342 e. The Bertz CT molecular complexity index is 340. The monoisotopic (exact) mass is 307 g/mol.